The Labute approximate surface area is 175 Å². The second-order valence-electron chi connectivity index (χ2n) is 7.34. The number of hydrogen-bond donors (Lipinski definition) is 0. The lowest BCUT2D eigenvalue weighted by atomic mass is 10.2. The number of sulfone groups is 1. The van der Waals surface area contributed by atoms with Crippen molar-refractivity contribution in [2.45, 2.75) is 23.3 Å². The van der Waals surface area contributed by atoms with Crippen LogP contribution < -0.4 is 0 Å². The maximum atomic E-state index is 13.2. The standard InChI is InChI=1S/C22H23N3O4S/c1-17(26)23-11-13-24(14-12-23)22(27)16-25-15-21(19-9-5-6-10-20(19)25)30(28,29)18-7-3-2-4-8-18/h2-10,15H,11-14,16H2,1H3. The Morgan fingerprint density at radius 2 is 1.47 bits per heavy atom. The fourth-order valence-electron chi connectivity index (χ4n) is 3.80. The molecule has 8 heteroatoms. The summed E-state index contributed by atoms with van der Waals surface area (Å²) >= 11 is 0. The van der Waals surface area contributed by atoms with Crippen LogP contribution in [0.15, 0.2) is 70.6 Å². The summed E-state index contributed by atoms with van der Waals surface area (Å²) in [5.41, 5.74) is 0.697. The zero-order chi connectivity index (χ0) is 21.3. The highest BCUT2D eigenvalue weighted by Gasteiger charge is 2.26. The van der Waals surface area contributed by atoms with Gasteiger partial charge in [-0.2, -0.15) is 0 Å². The van der Waals surface area contributed by atoms with Crippen LogP contribution in [0.4, 0.5) is 0 Å². The molecule has 2 heterocycles. The van der Waals surface area contributed by atoms with Crippen molar-refractivity contribution in [3.63, 3.8) is 0 Å². The Morgan fingerprint density at radius 3 is 2.13 bits per heavy atom. The van der Waals surface area contributed by atoms with Crippen LogP contribution in [0.2, 0.25) is 0 Å². The Hall–Kier alpha value is -3.13. The third-order valence-electron chi connectivity index (χ3n) is 5.48. The van der Waals surface area contributed by atoms with Crippen molar-refractivity contribution in [3.05, 3.63) is 60.8 Å². The van der Waals surface area contributed by atoms with Gasteiger partial charge in [0.05, 0.1) is 9.79 Å². The van der Waals surface area contributed by atoms with Gasteiger partial charge in [0.15, 0.2) is 0 Å². The molecule has 0 spiro atoms. The molecular weight excluding hydrogens is 402 g/mol. The first-order valence-electron chi connectivity index (χ1n) is 9.79. The van der Waals surface area contributed by atoms with Crippen molar-refractivity contribution in [1.29, 1.82) is 0 Å². The van der Waals surface area contributed by atoms with Gasteiger partial charge in [-0.05, 0) is 18.2 Å². The van der Waals surface area contributed by atoms with Gasteiger partial charge in [-0.25, -0.2) is 8.42 Å². The molecule has 7 nitrogen and oxygen atoms in total. The number of carbonyl (C=O) groups is 2. The Morgan fingerprint density at radius 1 is 0.867 bits per heavy atom. The number of amides is 2. The second kappa shape index (κ2) is 7.95. The monoisotopic (exact) mass is 425 g/mol. The molecule has 0 atom stereocenters. The van der Waals surface area contributed by atoms with Crippen LogP contribution in [-0.2, 0) is 26.0 Å². The maximum absolute atomic E-state index is 13.2. The molecule has 0 N–H and O–H groups in total. The molecule has 0 unspecified atom stereocenters. The normalized spacial score (nSPS) is 14.8. The zero-order valence-corrected chi connectivity index (χ0v) is 17.5. The first kappa shape index (κ1) is 20.2. The molecule has 156 valence electrons. The summed E-state index contributed by atoms with van der Waals surface area (Å²) in [5.74, 6) is -0.0862. The molecule has 30 heavy (non-hydrogen) atoms. The Balaban J connectivity index is 1.63. The summed E-state index contributed by atoms with van der Waals surface area (Å²) in [6.45, 7) is 3.56. The van der Waals surface area contributed by atoms with E-state index in [0.29, 0.717) is 37.1 Å². The van der Waals surface area contributed by atoms with Gasteiger partial charge in [0, 0.05) is 50.2 Å². The number of rotatable bonds is 4. The van der Waals surface area contributed by atoms with E-state index in [-0.39, 0.29) is 28.2 Å². The van der Waals surface area contributed by atoms with E-state index in [1.165, 1.54) is 6.92 Å². The number of nitrogens with zero attached hydrogens (tertiary/aromatic N) is 3. The lowest BCUT2D eigenvalue weighted by Crippen LogP contribution is -2.50. The smallest absolute Gasteiger partial charge is 0.242 e. The molecule has 4 rings (SSSR count). The van der Waals surface area contributed by atoms with Crippen LogP contribution in [0.25, 0.3) is 10.9 Å². The van der Waals surface area contributed by atoms with Gasteiger partial charge in [0.2, 0.25) is 21.7 Å². The van der Waals surface area contributed by atoms with E-state index < -0.39 is 9.84 Å². The summed E-state index contributed by atoms with van der Waals surface area (Å²) in [6.07, 6.45) is 1.55. The molecule has 0 saturated carbocycles. The van der Waals surface area contributed by atoms with Gasteiger partial charge in [0.1, 0.15) is 6.54 Å². The molecule has 1 aliphatic heterocycles. The highest BCUT2D eigenvalue weighted by Crippen LogP contribution is 2.30. The lowest BCUT2D eigenvalue weighted by Gasteiger charge is -2.34. The van der Waals surface area contributed by atoms with Crippen LogP contribution in [0.1, 0.15) is 6.92 Å². The summed E-state index contributed by atoms with van der Waals surface area (Å²) < 4.78 is 28.1. The molecule has 1 fully saturated rings. The topological polar surface area (TPSA) is 79.7 Å². The number of hydrogen-bond acceptors (Lipinski definition) is 4. The fourth-order valence-corrected chi connectivity index (χ4v) is 5.30. The molecule has 1 aromatic heterocycles. The Kier molecular flexibility index (Phi) is 5.34. The summed E-state index contributed by atoms with van der Waals surface area (Å²) in [7, 11) is -3.71. The minimum absolute atomic E-state index is 0.00858. The maximum Gasteiger partial charge on any atom is 0.242 e. The predicted molar refractivity (Wildman–Crippen MR) is 113 cm³/mol. The van der Waals surface area contributed by atoms with Gasteiger partial charge >= 0.3 is 0 Å². The van der Waals surface area contributed by atoms with E-state index in [2.05, 4.69) is 0 Å². The number of benzene rings is 2. The van der Waals surface area contributed by atoms with Crippen molar-refractivity contribution >= 4 is 32.6 Å². The van der Waals surface area contributed by atoms with Crippen LogP contribution in [0.3, 0.4) is 0 Å². The van der Waals surface area contributed by atoms with Crippen molar-refractivity contribution in [1.82, 2.24) is 14.4 Å². The summed E-state index contributed by atoms with van der Waals surface area (Å²) in [4.78, 5) is 28.2. The van der Waals surface area contributed by atoms with Crippen molar-refractivity contribution in [3.8, 4) is 0 Å². The quantitative estimate of drug-likeness (QED) is 0.642. The van der Waals surface area contributed by atoms with Crippen molar-refractivity contribution in [2.75, 3.05) is 26.2 Å². The van der Waals surface area contributed by atoms with Gasteiger partial charge in [0.25, 0.3) is 0 Å². The van der Waals surface area contributed by atoms with Crippen LogP contribution in [-0.4, -0.2) is 60.8 Å². The number of para-hydroxylation sites is 1. The first-order chi connectivity index (χ1) is 14.4. The molecular formula is C22H23N3O4S. The van der Waals surface area contributed by atoms with Crippen LogP contribution in [0.5, 0.6) is 0 Å². The highest BCUT2D eigenvalue weighted by molar-refractivity contribution is 7.91. The van der Waals surface area contributed by atoms with Crippen molar-refractivity contribution < 1.29 is 18.0 Å². The highest BCUT2D eigenvalue weighted by atomic mass is 32.2. The van der Waals surface area contributed by atoms with Gasteiger partial charge in [-0.1, -0.05) is 36.4 Å². The number of aromatic nitrogens is 1. The average Bonchev–Trinajstić information content (AvgIpc) is 3.14. The summed E-state index contributed by atoms with van der Waals surface area (Å²) in [5, 5.41) is 0.593. The minimum Gasteiger partial charge on any atom is -0.339 e. The SMILES string of the molecule is CC(=O)N1CCN(C(=O)Cn2cc(S(=O)(=O)c3ccccc3)c3ccccc32)CC1. The van der Waals surface area contributed by atoms with E-state index in [0.717, 1.165) is 0 Å². The van der Waals surface area contributed by atoms with E-state index in [4.69, 9.17) is 0 Å². The van der Waals surface area contributed by atoms with Gasteiger partial charge in [-0.15, -0.1) is 0 Å². The summed E-state index contributed by atoms with van der Waals surface area (Å²) in [6, 6.07) is 15.5. The molecule has 0 radical (unpaired) electrons. The van der Waals surface area contributed by atoms with E-state index in [1.807, 2.05) is 12.1 Å². The van der Waals surface area contributed by atoms with E-state index >= 15 is 0 Å². The number of piperazine rings is 1. The lowest BCUT2D eigenvalue weighted by molar-refractivity contribution is -0.138. The van der Waals surface area contributed by atoms with Gasteiger partial charge in [-0.3, -0.25) is 9.59 Å². The first-order valence-corrected chi connectivity index (χ1v) is 11.3. The second-order valence-corrected chi connectivity index (χ2v) is 9.26. The van der Waals surface area contributed by atoms with Gasteiger partial charge < -0.3 is 14.4 Å². The average molecular weight is 426 g/mol. The van der Waals surface area contributed by atoms with Crippen molar-refractivity contribution in [2.24, 2.45) is 0 Å². The molecule has 0 bridgehead atoms. The third kappa shape index (κ3) is 3.70. The van der Waals surface area contributed by atoms with E-state index in [1.54, 1.807) is 63.0 Å². The largest absolute Gasteiger partial charge is 0.339 e. The molecule has 2 amide bonds. The predicted octanol–water partition coefficient (Wildman–Crippen LogP) is 2.16. The molecule has 1 aliphatic rings. The Bertz CT molecular complexity index is 1190. The number of fused-ring (bicyclic) bond motifs is 1. The van der Waals surface area contributed by atoms with Crippen LogP contribution in [0, 0.1) is 0 Å². The minimum atomic E-state index is -3.71. The molecule has 3 aromatic rings. The molecule has 1 saturated heterocycles. The van der Waals surface area contributed by atoms with E-state index in [9.17, 15) is 18.0 Å². The molecule has 2 aromatic carbocycles. The molecule has 0 aliphatic carbocycles. The van der Waals surface area contributed by atoms with Crippen LogP contribution >= 0.6 is 0 Å². The zero-order valence-electron chi connectivity index (χ0n) is 16.7. The fraction of sp³-hybridized carbons (Fsp3) is 0.273. The third-order valence-corrected chi connectivity index (χ3v) is 7.28. The number of carbonyl (C=O) groups excluding carboxylic acids is 2.